The smallest absolute Gasteiger partial charge is 0.179 e. The molecule has 1 aromatic rings. The lowest BCUT2D eigenvalue weighted by atomic mass is 10.2. The Kier molecular flexibility index (Phi) is 3.87. The van der Waals surface area contributed by atoms with Crippen LogP contribution in [-0.2, 0) is 9.84 Å². The molecule has 1 unspecified atom stereocenters. The van der Waals surface area contributed by atoms with Gasteiger partial charge in [0.05, 0.1) is 0 Å². The molecule has 2 rings (SSSR count). The Morgan fingerprint density at radius 1 is 1.56 bits per heavy atom. The highest BCUT2D eigenvalue weighted by Crippen LogP contribution is 2.22. The zero-order chi connectivity index (χ0) is 13.2. The van der Waals surface area contributed by atoms with Crippen LogP contribution in [0.4, 0.5) is 5.82 Å². The number of pyridine rings is 1. The molecule has 5 nitrogen and oxygen atoms in total. The van der Waals surface area contributed by atoms with Gasteiger partial charge in [-0.25, -0.2) is 13.4 Å². The fourth-order valence-electron chi connectivity index (χ4n) is 2.29. The number of anilines is 1. The van der Waals surface area contributed by atoms with Crippen molar-refractivity contribution in [3.05, 3.63) is 18.3 Å². The van der Waals surface area contributed by atoms with Gasteiger partial charge in [0.15, 0.2) is 9.84 Å². The van der Waals surface area contributed by atoms with Crippen LogP contribution in [0.1, 0.15) is 12.8 Å². The number of sulfone groups is 1. The molecular formula is C12H19N3O2S. The summed E-state index contributed by atoms with van der Waals surface area (Å²) in [6.45, 7) is 1.82. The fraction of sp³-hybridized carbons (Fsp3) is 0.583. The van der Waals surface area contributed by atoms with Gasteiger partial charge in [-0.2, -0.15) is 0 Å². The molecule has 0 aromatic carbocycles. The third-order valence-electron chi connectivity index (χ3n) is 3.17. The van der Waals surface area contributed by atoms with Crippen LogP contribution in [0.3, 0.4) is 0 Å². The van der Waals surface area contributed by atoms with E-state index in [1.165, 1.54) is 12.7 Å². The Morgan fingerprint density at radius 3 is 2.94 bits per heavy atom. The second kappa shape index (κ2) is 5.24. The van der Waals surface area contributed by atoms with Crippen LogP contribution in [0.25, 0.3) is 0 Å². The van der Waals surface area contributed by atoms with Crippen molar-refractivity contribution in [2.45, 2.75) is 23.8 Å². The maximum absolute atomic E-state index is 11.7. The van der Waals surface area contributed by atoms with Gasteiger partial charge in [-0.3, -0.25) is 0 Å². The van der Waals surface area contributed by atoms with E-state index in [1.807, 2.05) is 11.9 Å². The molecule has 0 radical (unpaired) electrons. The fourth-order valence-corrected chi connectivity index (χ4v) is 3.15. The molecule has 0 spiro atoms. The largest absolute Gasteiger partial charge is 0.357 e. The Hall–Kier alpha value is -1.14. The highest BCUT2D eigenvalue weighted by molar-refractivity contribution is 7.90. The predicted molar refractivity (Wildman–Crippen MR) is 71.6 cm³/mol. The number of likely N-dealkylation sites (N-methyl/N-ethyl adjacent to an activating group) is 1. The van der Waals surface area contributed by atoms with Gasteiger partial charge in [-0.05, 0) is 31.5 Å². The zero-order valence-electron chi connectivity index (χ0n) is 10.8. The van der Waals surface area contributed by atoms with E-state index in [2.05, 4.69) is 10.3 Å². The van der Waals surface area contributed by atoms with E-state index in [1.54, 1.807) is 18.3 Å². The van der Waals surface area contributed by atoms with Crippen molar-refractivity contribution in [3.63, 3.8) is 0 Å². The summed E-state index contributed by atoms with van der Waals surface area (Å²) < 4.78 is 23.4. The predicted octanol–water partition coefficient (Wildman–Crippen LogP) is 0.673. The zero-order valence-corrected chi connectivity index (χ0v) is 11.6. The van der Waals surface area contributed by atoms with Gasteiger partial charge >= 0.3 is 0 Å². The standard InChI is InChI=1S/C12H19N3O2S/c1-15(9-10-5-3-7-13-10)12-11(18(2,16)17)6-4-8-14-12/h4,6,8,10,13H,3,5,7,9H2,1-2H3. The molecule has 0 aliphatic carbocycles. The molecule has 100 valence electrons. The van der Waals surface area contributed by atoms with E-state index in [4.69, 9.17) is 0 Å². The van der Waals surface area contributed by atoms with Crippen molar-refractivity contribution in [3.8, 4) is 0 Å². The van der Waals surface area contributed by atoms with Crippen LogP contribution in [0.2, 0.25) is 0 Å². The molecule has 1 atom stereocenters. The van der Waals surface area contributed by atoms with Crippen LogP contribution >= 0.6 is 0 Å². The number of rotatable bonds is 4. The minimum absolute atomic E-state index is 0.297. The molecule has 6 heteroatoms. The minimum atomic E-state index is -3.24. The molecule has 0 saturated carbocycles. The summed E-state index contributed by atoms with van der Waals surface area (Å²) >= 11 is 0. The topological polar surface area (TPSA) is 62.3 Å². The van der Waals surface area contributed by atoms with Crippen molar-refractivity contribution in [2.24, 2.45) is 0 Å². The maximum atomic E-state index is 11.7. The van der Waals surface area contributed by atoms with Crippen LogP contribution < -0.4 is 10.2 Å². The number of nitrogens with zero attached hydrogens (tertiary/aromatic N) is 2. The van der Waals surface area contributed by atoms with Gasteiger partial charge in [0.25, 0.3) is 0 Å². The first kappa shape index (κ1) is 13.3. The normalized spacial score (nSPS) is 20.0. The van der Waals surface area contributed by atoms with Crippen molar-refractivity contribution < 1.29 is 8.42 Å². The van der Waals surface area contributed by atoms with E-state index < -0.39 is 9.84 Å². The molecular weight excluding hydrogens is 250 g/mol. The van der Waals surface area contributed by atoms with Crippen LogP contribution in [0, 0.1) is 0 Å². The van der Waals surface area contributed by atoms with E-state index in [9.17, 15) is 8.42 Å². The molecule has 18 heavy (non-hydrogen) atoms. The van der Waals surface area contributed by atoms with Crippen LogP contribution in [0.5, 0.6) is 0 Å². The number of hydrogen-bond acceptors (Lipinski definition) is 5. The van der Waals surface area contributed by atoms with Crippen LogP contribution in [-0.4, -0.2) is 45.8 Å². The summed E-state index contributed by atoms with van der Waals surface area (Å²) in [7, 11) is -1.35. The number of hydrogen-bond donors (Lipinski definition) is 1. The second-order valence-corrected chi connectivity index (χ2v) is 6.76. The Morgan fingerprint density at radius 2 is 2.33 bits per heavy atom. The van der Waals surface area contributed by atoms with Gasteiger partial charge in [0.1, 0.15) is 10.7 Å². The highest BCUT2D eigenvalue weighted by Gasteiger charge is 2.21. The van der Waals surface area contributed by atoms with E-state index >= 15 is 0 Å². The lowest BCUT2D eigenvalue weighted by molar-refractivity contribution is 0.589. The maximum Gasteiger partial charge on any atom is 0.179 e. The second-order valence-electron chi connectivity index (χ2n) is 4.77. The van der Waals surface area contributed by atoms with E-state index in [0.717, 1.165) is 19.5 Å². The molecule has 1 N–H and O–H groups in total. The number of aromatic nitrogens is 1. The van der Waals surface area contributed by atoms with Gasteiger partial charge in [-0.1, -0.05) is 0 Å². The van der Waals surface area contributed by atoms with Gasteiger partial charge in [0.2, 0.25) is 0 Å². The first-order valence-electron chi connectivity index (χ1n) is 6.08. The van der Waals surface area contributed by atoms with Crippen molar-refractivity contribution in [2.75, 3.05) is 31.3 Å². The minimum Gasteiger partial charge on any atom is -0.357 e. The summed E-state index contributed by atoms with van der Waals surface area (Å²) in [6.07, 6.45) is 5.16. The molecule has 1 aliphatic heterocycles. The average molecular weight is 269 g/mol. The molecule has 1 aliphatic rings. The Bertz CT molecular complexity index is 510. The summed E-state index contributed by atoms with van der Waals surface area (Å²) in [5.74, 6) is 0.536. The lowest BCUT2D eigenvalue weighted by Crippen LogP contribution is -2.36. The summed E-state index contributed by atoms with van der Waals surface area (Å²) in [5.41, 5.74) is 0. The van der Waals surface area contributed by atoms with Crippen molar-refractivity contribution >= 4 is 15.7 Å². The van der Waals surface area contributed by atoms with E-state index in [0.29, 0.717) is 16.8 Å². The lowest BCUT2D eigenvalue weighted by Gasteiger charge is -2.23. The SMILES string of the molecule is CN(CC1CCCN1)c1ncccc1S(C)(=O)=O. The first-order chi connectivity index (χ1) is 8.48. The molecule has 1 aromatic heterocycles. The quantitative estimate of drug-likeness (QED) is 0.870. The van der Waals surface area contributed by atoms with Crippen molar-refractivity contribution in [1.82, 2.24) is 10.3 Å². The highest BCUT2D eigenvalue weighted by atomic mass is 32.2. The third kappa shape index (κ3) is 3.00. The monoisotopic (exact) mass is 269 g/mol. The molecule has 0 bridgehead atoms. The number of nitrogens with one attached hydrogen (secondary N) is 1. The van der Waals surface area contributed by atoms with Crippen LogP contribution in [0.15, 0.2) is 23.2 Å². The van der Waals surface area contributed by atoms with E-state index in [-0.39, 0.29) is 0 Å². The summed E-state index contributed by atoms with van der Waals surface area (Å²) in [5, 5.41) is 3.40. The Balaban J connectivity index is 2.21. The van der Waals surface area contributed by atoms with Gasteiger partial charge in [0, 0.05) is 32.1 Å². The molecule has 1 fully saturated rings. The van der Waals surface area contributed by atoms with Gasteiger partial charge in [-0.15, -0.1) is 0 Å². The molecule has 0 amide bonds. The van der Waals surface area contributed by atoms with Crippen molar-refractivity contribution in [1.29, 1.82) is 0 Å². The summed E-state index contributed by atoms with van der Waals surface area (Å²) in [6, 6.07) is 3.68. The summed E-state index contributed by atoms with van der Waals surface area (Å²) in [4.78, 5) is 6.42. The third-order valence-corrected chi connectivity index (χ3v) is 4.29. The first-order valence-corrected chi connectivity index (χ1v) is 7.97. The average Bonchev–Trinajstić information content (AvgIpc) is 2.80. The molecule has 1 saturated heterocycles. The molecule has 2 heterocycles. The Labute approximate surface area is 108 Å². The van der Waals surface area contributed by atoms with Gasteiger partial charge < -0.3 is 10.2 Å².